The molecule has 0 bridgehead atoms. The van der Waals surface area contributed by atoms with E-state index in [-0.39, 0.29) is 29.4 Å². The minimum absolute atomic E-state index is 0.0177. The summed E-state index contributed by atoms with van der Waals surface area (Å²) in [5.41, 5.74) is 0.912. The number of hydrogen-bond acceptors (Lipinski definition) is 7. The smallest absolute Gasteiger partial charge is 0.295 e. The van der Waals surface area contributed by atoms with Crippen molar-refractivity contribution in [1.82, 2.24) is 14.5 Å². The number of Topliss-reactive ketones (excluding diaryl/α,β-unsaturated/α-hetero) is 1. The number of aliphatic hydroxyl groups excluding tert-OH is 1. The third kappa shape index (κ3) is 4.84. The van der Waals surface area contributed by atoms with Gasteiger partial charge in [-0.15, -0.1) is 0 Å². The first kappa shape index (κ1) is 23.9. The lowest BCUT2D eigenvalue weighted by Crippen LogP contribution is -2.31. The number of phenols is 1. The number of ether oxygens (including phenoxy) is 2. The van der Waals surface area contributed by atoms with Crippen molar-refractivity contribution in [2.75, 3.05) is 20.3 Å². The first-order valence-corrected chi connectivity index (χ1v) is 11.3. The molecule has 1 saturated heterocycles. The van der Waals surface area contributed by atoms with Crippen molar-refractivity contribution in [3.05, 3.63) is 77.9 Å². The van der Waals surface area contributed by atoms with E-state index in [0.29, 0.717) is 36.4 Å². The highest BCUT2D eigenvalue weighted by molar-refractivity contribution is 6.46. The number of aryl methyl sites for hydroxylation is 1. The molecular formula is C26H27N3O6. The predicted molar refractivity (Wildman–Crippen MR) is 128 cm³/mol. The van der Waals surface area contributed by atoms with Crippen LogP contribution in [0.5, 0.6) is 17.2 Å². The summed E-state index contributed by atoms with van der Waals surface area (Å²) in [6.07, 6.45) is 5.75. The summed E-state index contributed by atoms with van der Waals surface area (Å²) in [6, 6.07) is 10.4. The number of amides is 1. The van der Waals surface area contributed by atoms with Crippen LogP contribution in [0.4, 0.5) is 0 Å². The number of ketones is 1. The predicted octanol–water partition coefficient (Wildman–Crippen LogP) is 3.51. The van der Waals surface area contributed by atoms with Gasteiger partial charge in [0.15, 0.2) is 11.5 Å². The maximum Gasteiger partial charge on any atom is 0.295 e. The number of phenolic OH excluding ortho intramolecular Hbond substituents is 1. The lowest BCUT2D eigenvalue weighted by molar-refractivity contribution is -0.139. The number of aromatic hydroxyl groups is 1. The third-order valence-corrected chi connectivity index (χ3v) is 5.88. The Bertz CT molecular complexity index is 1230. The number of carbonyl (C=O) groups is 2. The second-order valence-corrected chi connectivity index (χ2v) is 8.04. The topological polar surface area (TPSA) is 114 Å². The summed E-state index contributed by atoms with van der Waals surface area (Å²) in [4.78, 5) is 31.8. The average molecular weight is 478 g/mol. The van der Waals surface area contributed by atoms with E-state index in [0.717, 1.165) is 0 Å². The standard InChI is InChI=1S/C26H27N3O6/c1-3-35-21-15-18(7-10-20(21)30)23-22(24(31)17-5-8-19(34-2)9-6-17)25(32)26(33)29(23)13-4-12-28-14-11-27-16-28/h5-11,14-16,23,30-31H,3-4,12-13H2,1-2H3/b24-22-. The molecular weight excluding hydrogens is 450 g/mol. The van der Waals surface area contributed by atoms with Crippen LogP contribution in [0.3, 0.4) is 0 Å². The number of likely N-dealkylation sites (tertiary alicyclic amines) is 1. The molecule has 9 heteroatoms. The van der Waals surface area contributed by atoms with Crippen molar-refractivity contribution < 1.29 is 29.3 Å². The molecule has 1 fully saturated rings. The van der Waals surface area contributed by atoms with Gasteiger partial charge in [-0.25, -0.2) is 4.98 Å². The van der Waals surface area contributed by atoms with E-state index in [1.165, 1.54) is 18.1 Å². The van der Waals surface area contributed by atoms with Crippen LogP contribution in [0.2, 0.25) is 0 Å². The number of methoxy groups -OCH3 is 1. The molecule has 1 aliphatic rings. The van der Waals surface area contributed by atoms with Crippen molar-refractivity contribution in [3.63, 3.8) is 0 Å². The van der Waals surface area contributed by atoms with E-state index in [1.807, 2.05) is 10.8 Å². The van der Waals surface area contributed by atoms with Crippen molar-refractivity contribution in [2.24, 2.45) is 0 Å². The Morgan fingerprint density at radius 2 is 1.89 bits per heavy atom. The first-order chi connectivity index (χ1) is 16.9. The molecule has 182 valence electrons. The minimum atomic E-state index is -0.848. The van der Waals surface area contributed by atoms with Crippen molar-refractivity contribution >= 4 is 17.4 Å². The number of aliphatic hydroxyl groups is 1. The summed E-state index contributed by atoms with van der Waals surface area (Å²) in [5.74, 6) is -0.961. The SMILES string of the molecule is CCOc1cc(C2/C(=C(/O)c3ccc(OC)cc3)C(=O)C(=O)N2CCCn2ccnc2)ccc1O. The quantitative estimate of drug-likeness (QED) is 0.275. The summed E-state index contributed by atoms with van der Waals surface area (Å²) in [6.45, 7) is 3.00. The average Bonchev–Trinajstić information content (AvgIpc) is 3.47. The van der Waals surface area contributed by atoms with Gasteiger partial charge in [0.2, 0.25) is 0 Å². The molecule has 0 spiro atoms. The van der Waals surface area contributed by atoms with E-state index in [4.69, 9.17) is 9.47 Å². The Hall–Kier alpha value is -4.27. The van der Waals surface area contributed by atoms with Gasteiger partial charge in [0.05, 0.1) is 31.7 Å². The molecule has 4 rings (SSSR count). The van der Waals surface area contributed by atoms with E-state index in [2.05, 4.69) is 4.98 Å². The van der Waals surface area contributed by atoms with Gasteiger partial charge in [-0.3, -0.25) is 9.59 Å². The summed E-state index contributed by atoms with van der Waals surface area (Å²) >= 11 is 0. The van der Waals surface area contributed by atoms with Gasteiger partial charge < -0.3 is 29.2 Å². The van der Waals surface area contributed by atoms with E-state index in [1.54, 1.807) is 55.8 Å². The first-order valence-electron chi connectivity index (χ1n) is 11.3. The van der Waals surface area contributed by atoms with Crippen LogP contribution < -0.4 is 9.47 Å². The number of benzene rings is 2. The highest BCUT2D eigenvalue weighted by atomic mass is 16.5. The maximum absolute atomic E-state index is 13.2. The van der Waals surface area contributed by atoms with Crippen molar-refractivity contribution in [2.45, 2.75) is 25.9 Å². The fraction of sp³-hybridized carbons (Fsp3) is 0.269. The third-order valence-electron chi connectivity index (χ3n) is 5.88. The number of rotatable bonds is 9. The van der Waals surface area contributed by atoms with Gasteiger partial charge in [-0.1, -0.05) is 6.07 Å². The number of carbonyl (C=O) groups excluding carboxylic acids is 2. The van der Waals surface area contributed by atoms with E-state index < -0.39 is 17.7 Å². The Morgan fingerprint density at radius 1 is 1.11 bits per heavy atom. The zero-order chi connectivity index (χ0) is 24.9. The molecule has 0 aliphatic carbocycles. The van der Waals surface area contributed by atoms with Crippen LogP contribution >= 0.6 is 0 Å². The molecule has 2 N–H and O–H groups in total. The van der Waals surface area contributed by atoms with E-state index >= 15 is 0 Å². The Kier molecular flexibility index (Phi) is 7.05. The largest absolute Gasteiger partial charge is 0.507 e. The van der Waals surface area contributed by atoms with Crippen molar-refractivity contribution in [1.29, 1.82) is 0 Å². The molecule has 2 aromatic carbocycles. The molecule has 0 radical (unpaired) electrons. The zero-order valence-corrected chi connectivity index (χ0v) is 19.5. The fourth-order valence-corrected chi connectivity index (χ4v) is 4.18. The number of nitrogens with zero attached hydrogens (tertiary/aromatic N) is 3. The number of hydrogen-bond donors (Lipinski definition) is 2. The van der Waals surface area contributed by atoms with E-state index in [9.17, 15) is 19.8 Å². The summed E-state index contributed by atoms with van der Waals surface area (Å²) in [7, 11) is 1.53. The number of imidazole rings is 1. The van der Waals surface area contributed by atoms with Crippen LogP contribution in [0, 0.1) is 0 Å². The minimum Gasteiger partial charge on any atom is -0.507 e. The van der Waals surface area contributed by atoms with Crippen LogP contribution in [-0.2, 0) is 16.1 Å². The molecule has 3 aromatic rings. The fourth-order valence-electron chi connectivity index (χ4n) is 4.18. The Morgan fingerprint density at radius 3 is 2.54 bits per heavy atom. The molecule has 1 aliphatic heterocycles. The molecule has 1 atom stereocenters. The van der Waals surface area contributed by atoms with Crippen LogP contribution in [0.1, 0.15) is 30.5 Å². The highest BCUT2D eigenvalue weighted by Gasteiger charge is 2.46. The normalized spacial score (nSPS) is 17.1. The van der Waals surface area contributed by atoms with Crippen LogP contribution in [0.15, 0.2) is 66.8 Å². The van der Waals surface area contributed by atoms with Crippen LogP contribution in [0.25, 0.3) is 5.76 Å². The summed E-state index contributed by atoms with van der Waals surface area (Å²) < 4.78 is 12.6. The summed E-state index contributed by atoms with van der Waals surface area (Å²) in [5, 5.41) is 21.3. The molecule has 1 amide bonds. The molecule has 9 nitrogen and oxygen atoms in total. The van der Waals surface area contributed by atoms with Gasteiger partial charge in [0.25, 0.3) is 11.7 Å². The highest BCUT2D eigenvalue weighted by Crippen LogP contribution is 2.42. The molecule has 0 saturated carbocycles. The lowest BCUT2D eigenvalue weighted by Gasteiger charge is -2.26. The van der Waals surface area contributed by atoms with Gasteiger partial charge >= 0.3 is 0 Å². The molecule has 1 unspecified atom stereocenters. The van der Waals surface area contributed by atoms with Gasteiger partial charge in [-0.05, 0) is 55.3 Å². The van der Waals surface area contributed by atoms with Gasteiger partial charge in [0.1, 0.15) is 11.5 Å². The Labute approximate surface area is 202 Å². The Balaban J connectivity index is 1.76. The lowest BCUT2D eigenvalue weighted by atomic mass is 9.95. The van der Waals surface area contributed by atoms with Gasteiger partial charge in [-0.2, -0.15) is 0 Å². The molecule has 1 aromatic heterocycles. The second kappa shape index (κ2) is 10.3. The number of aromatic nitrogens is 2. The van der Waals surface area contributed by atoms with Crippen molar-refractivity contribution in [3.8, 4) is 17.2 Å². The zero-order valence-electron chi connectivity index (χ0n) is 19.5. The van der Waals surface area contributed by atoms with Crippen LogP contribution in [-0.4, -0.2) is 56.6 Å². The second-order valence-electron chi connectivity index (χ2n) is 8.04. The maximum atomic E-state index is 13.2. The molecule has 2 heterocycles. The molecule has 35 heavy (non-hydrogen) atoms. The monoisotopic (exact) mass is 477 g/mol. The van der Waals surface area contributed by atoms with Gasteiger partial charge in [0, 0.05) is 31.0 Å².